The molecule has 10 nitrogen and oxygen atoms in total. The summed E-state index contributed by atoms with van der Waals surface area (Å²) in [6.07, 6.45) is 0. The lowest BCUT2D eigenvalue weighted by Crippen LogP contribution is -2.35. The number of hydrogen-bond acceptors (Lipinski definition) is 7. The van der Waals surface area contributed by atoms with Crippen molar-refractivity contribution in [3.05, 3.63) is 62.0 Å². The molecule has 0 saturated heterocycles. The summed E-state index contributed by atoms with van der Waals surface area (Å²) in [6.45, 7) is 4.35. The molecule has 2 heterocycles. The predicted molar refractivity (Wildman–Crippen MR) is 99.0 cm³/mol. The summed E-state index contributed by atoms with van der Waals surface area (Å²) in [6, 6.07) is 3.73. The quantitative estimate of drug-likeness (QED) is 0.258. The van der Waals surface area contributed by atoms with Crippen molar-refractivity contribution >= 4 is 29.3 Å². The maximum atomic E-state index is 12.8. The van der Waals surface area contributed by atoms with Gasteiger partial charge in [0.1, 0.15) is 5.56 Å². The van der Waals surface area contributed by atoms with E-state index < -0.39 is 40.7 Å². The number of H-pyrrole nitrogens is 1. The molecule has 150 valence electrons. The van der Waals surface area contributed by atoms with Gasteiger partial charge in [0.2, 0.25) is 0 Å². The molecule has 0 atom stereocenters. The Morgan fingerprint density at radius 1 is 1.21 bits per heavy atom. The normalized spacial score (nSPS) is 12.9. The van der Waals surface area contributed by atoms with Gasteiger partial charge in [0.25, 0.3) is 17.5 Å². The molecular weight excluding hydrogens is 382 g/mol. The highest BCUT2D eigenvalue weighted by atomic mass is 16.6. The Kier molecular flexibility index (Phi) is 5.02. The second-order valence-corrected chi connectivity index (χ2v) is 6.42. The van der Waals surface area contributed by atoms with E-state index in [9.17, 15) is 29.3 Å². The average molecular weight is 399 g/mol. The van der Waals surface area contributed by atoms with Crippen molar-refractivity contribution in [1.82, 2.24) is 9.88 Å². The number of carbonyl (C=O) groups is 4. The standard InChI is InChI=1S/C19H17N3O7/c1-4-29-19(26)14-9(2)16(20-10(14)3)13(23)8-21-17(24)11-6-5-7-12(22(27)28)15(11)18(21)25/h5-7,20H,4,8H2,1-3H3. The van der Waals surface area contributed by atoms with Gasteiger partial charge in [-0.2, -0.15) is 0 Å². The summed E-state index contributed by atoms with van der Waals surface area (Å²) >= 11 is 0. The molecule has 29 heavy (non-hydrogen) atoms. The van der Waals surface area contributed by atoms with Gasteiger partial charge in [-0.1, -0.05) is 6.07 Å². The molecular formula is C19H17N3O7. The summed E-state index contributed by atoms with van der Waals surface area (Å²) in [5.74, 6) is -2.89. The van der Waals surface area contributed by atoms with Gasteiger partial charge >= 0.3 is 5.97 Å². The van der Waals surface area contributed by atoms with Crippen molar-refractivity contribution in [2.24, 2.45) is 0 Å². The third kappa shape index (κ3) is 3.18. The molecule has 1 aliphatic rings. The maximum Gasteiger partial charge on any atom is 0.340 e. The average Bonchev–Trinajstić information content (AvgIpc) is 3.10. The van der Waals surface area contributed by atoms with Gasteiger partial charge < -0.3 is 9.72 Å². The molecule has 0 fully saturated rings. The van der Waals surface area contributed by atoms with Crippen molar-refractivity contribution in [1.29, 1.82) is 0 Å². The highest BCUT2D eigenvalue weighted by molar-refractivity contribution is 6.24. The molecule has 0 unspecified atom stereocenters. The van der Waals surface area contributed by atoms with Crippen LogP contribution in [0.3, 0.4) is 0 Å². The molecule has 0 radical (unpaired) electrons. The number of nitro benzene ring substituents is 1. The van der Waals surface area contributed by atoms with Gasteiger partial charge in [-0.05, 0) is 32.4 Å². The lowest BCUT2D eigenvalue weighted by Gasteiger charge is -2.12. The minimum Gasteiger partial charge on any atom is -0.462 e. The fourth-order valence-electron chi connectivity index (χ4n) is 3.37. The van der Waals surface area contributed by atoms with E-state index in [4.69, 9.17) is 4.74 Å². The van der Waals surface area contributed by atoms with Crippen LogP contribution in [-0.2, 0) is 4.74 Å². The second-order valence-electron chi connectivity index (χ2n) is 6.42. The summed E-state index contributed by atoms with van der Waals surface area (Å²) in [7, 11) is 0. The number of esters is 1. The van der Waals surface area contributed by atoms with Gasteiger partial charge in [0.15, 0.2) is 5.78 Å². The number of Topliss-reactive ketones (excluding diaryl/α,β-unsaturated/α-hetero) is 1. The van der Waals surface area contributed by atoms with Gasteiger partial charge in [-0.25, -0.2) is 4.79 Å². The molecule has 0 saturated carbocycles. The number of aromatic nitrogens is 1. The summed E-state index contributed by atoms with van der Waals surface area (Å²) in [4.78, 5) is 63.9. The Balaban J connectivity index is 1.91. The van der Waals surface area contributed by atoms with Crippen molar-refractivity contribution in [3.8, 4) is 0 Å². The number of benzene rings is 1. The molecule has 3 rings (SSSR count). The lowest BCUT2D eigenvalue weighted by molar-refractivity contribution is -0.385. The van der Waals surface area contributed by atoms with Crippen LogP contribution < -0.4 is 0 Å². The first kappa shape index (κ1) is 19.9. The largest absolute Gasteiger partial charge is 0.462 e. The number of aromatic amines is 1. The second kappa shape index (κ2) is 7.30. The summed E-state index contributed by atoms with van der Waals surface area (Å²) < 4.78 is 4.98. The van der Waals surface area contributed by atoms with Gasteiger partial charge in [-0.15, -0.1) is 0 Å². The van der Waals surface area contributed by atoms with Crippen LogP contribution >= 0.6 is 0 Å². The number of fused-ring (bicyclic) bond motifs is 1. The molecule has 2 amide bonds. The molecule has 0 spiro atoms. The number of nitro groups is 1. The van der Waals surface area contributed by atoms with Crippen LogP contribution in [0.25, 0.3) is 0 Å². The fourth-order valence-corrected chi connectivity index (χ4v) is 3.37. The smallest absolute Gasteiger partial charge is 0.340 e. The van der Waals surface area contributed by atoms with E-state index in [0.717, 1.165) is 6.07 Å². The van der Waals surface area contributed by atoms with Crippen molar-refractivity contribution < 1.29 is 28.8 Å². The lowest BCUT2D eigenvalue weighted by atomic mass is 10.1. The molecule has 10 heteroatoms. The number of imide groups is 1. The van der Waals surface area contributed by atoms with Crippen LogP contribution in [0.5, 0.6) is 0 Å². The number of nitrogens with zero attached hydrogens (tertiary/aromatic N) is 2. The van der Waals surface area contributed by atoms with E-state index >= 15 is 0 Å². The molecule has 1 aromatic heterocycles. The Bertz CT molecular complexity index is 1080. The molecule has 2 aromatic rings. The van der Waals surface area contributed by atoms with Crippen LogP contribution in [0.1, 0.15) is 59.7 Å². The zero-order valence-electron chi connectivity index (χ0n) is 15.9. The number of rotatable bonds is 6. The van der Waals surface area contributed by atoms with Crippen LogP contribution in [0.4, 0.5) is 5.69 Å². The van der Waals surface area contributed by atoms with Crippen LogP contribution in [0.2, 0.25) is 0 Å². The molecule has 1 N–H and O–H groups in total. The fraction of sp³-hybridized carbons (Fsp3) is 0.263. The van der Waals surface area contributed by atoms with Crippen molar-refractivity contribution in [3.63, 3.8) is 0 Å². The predicted octanol–water partition coefficient (Wildman–Crippen LogP) is 2.20. The number of aryl methyl sites for hydroxylation is 1. The van der Waals surface area contributed by atoms with E-state index in [1.54, 1.807) is 20.8 Å². The Hall–Kier alpha value is -3.82. The Morgan fingerprint density at radius 2 is 1.90 bits per heavy atom. The van der Waals surface area contributed by atoms with E-state index in [1.165, 1.54) is 12.1 Å². The zero-order valence-corrected chi connectivity index (χ0v) is 15.9. The maximum absolute atomic E-state index is 12.8. The minimum absolute atomic E-state index is 0.0663. The first-order chi connectivity index (χ1) is 13.7. The number of ketones is 1. The molecule has 1 aliphatic heterocycles. The SMILES string of the molecule is CCOC(=O)c1c(C)[nH]c(C(=O)CN2C(=O)c3cccc([N+](=O)[O-])c3C2=O)c1C. The Morgan fingerprint density at radius 3 is 2.52 bits per heavy atom. The Labute approximate surface area is 164 Å². The highest BCUT2D eigenvalue weighted by Gasteiger charge is 2.42. The van der Waals surface area contributed by atoms with E-state index in [1.807, 2.05) is 0 Å². The number of hydrogen-bond donors (Lipinski definition) is 1. The zero-order chi connectivity index (χ0) is 21.5. The van der Waals surface area contributed by atoms with Gasteiger partial charge in [0, 0.05) is 11.8 Å². The number of ether oxygens (including phenoxy) is 1. The van der Waals surface area contributed by atoms with Gasteiger partial charge in [-0.3, -0.25) is 29.4 Å². The monoisotopic (exact) mass is 399 g/mol. The van der Waals surface area contributed by atoms with Crippen LogP contribution in [-0.4, -0.2) is 51.5 Å². The van der Waals surface area contributed by atoms with E-state index in [2.05, 4.69) is 4.98 Å². The first-order valence-electron chi connectivity index (χ1n) is 8.72. The number of amides is 2. The number of carbonyl (C=O) groups excluding carboxylic acids is 4. The number of nitrogens with one attached hydrogen (secondary N) is 1. The molecule has 0 bridgehead atoms. The highest BCUT2D eigenvalue weighted by Crippen LogP contribution is 2.31. The first-order valence-corrected chi connectivity index (χ1v) is 8.72. The molecule has 0 aliphatic carbocycles. The third-order valence-corrected chi connectivity index (χ3v) is 4.67. The summed E-state index contributed by atoms with van der Waals surface area (Å²) in [5, 5.41) is 11.2. The molecule has 1 aromatic carbocycles. The van der Waals surface area contributed by atoms with Crippen molar-refractivity contribution in [2.75, 3.05) is 13.2 Å². The third-order valence-electron chi connectivity index (χ3n) is 4.67. The van der Waals surface area contributed by atoms with E-state index in [-0.39, 0.29) is 29.0 Å². The van der Waals surface area contributed by atoms with Crippen LogP contribution in [0, 0.1) is 24.0 Å². The van der Waals surface area contributed by atoms with Crippen LogP contribution in [0.15, 0.2) is 18.2 Å². The summed E-state index contributed by atoms with van der Waals surface area (Å²) in [5.41, 5.74) is 0.0958. The minimum atomic E-state index is -0.905. The van der Waals surface area contributed by atoms with Crippen molar-refractivity contribution in [2.45, 2.75) is 20.8 Å². The van der Waals surface area contributed by atoms with Gasteiger partial charge in [0.05, 0.1) is 34.9 Å². The topological polar surface area (TPSA) is 140 Å². The van der Waals surface area contributed by atoms with E-state index in [0.29, 0.717) is 16.2 Å².